The van der Waals surface area contributed by atoms with Crippen LogP contribution in [0, 0.1) is 12.8 Å². The number of rotatable bonds is 7. The van der Waals surface area contributed by atoms with Crippen molar-refractivity contribution < 1.29 is 8.42 Å². The number of nitrogens with zero attached hydrogens (tertiary/aromatic N) is 1. The SMILES string of the molecule is Cc1nc(-c2ccc(S(=O)(=O)NC(C)(CN)CC(C)C)s2)cs1. The number of hydrogen-bond acceptors (Lipinski definition) is 6. The zero-order valence-corrected chi connectivity index (χ0v) is 16.2. The number of thiazole rings is 1. The van der Waals surface area contributed by atoms with Crippen molar-refractivity contribution in [2.24, 2.45) is 11.7 Å². The molecule has 2 aromatic rings. The fourth-order valence-electron chi connectivity index (χ4n) is 2.52. The first-order chi connectivity index (χ1) is 10.6. The average molecular weight is 374 g/mol. The fourth-order valence-corrected chi connectivity index (χ4v) is 5.90. The van der Waals surface area contributed by atoms with E-state index in [0.29, 0.717) is 16.5 Å². The minimum Gasteiger partial charge on any atom is -0.329 e. The maximum Gasteiger partial charge on any atom is 0.250 e. The van der Waals surface area contributed by atoms with Crippen LogP contribution in [0.3, 0.4) is 0 Å². The van der Waals surface area contributed by atoms with E-state index in [2.05, 4.69) is 23.6 Å². The van der Waals surface area contributed by atoms with Gasteiger partial charge in [0.1, 0.15) is 4.21 Å². The van der Waals surface area contributed by atoms with Crippen LogP contribution in [-0.4, -0.2) is 25.5 Å². The molecule has 0 aliphatic rings. The van der Waals surface area contributed by atoms with E-state index in [0.717, 1.165) is 15.6 Å². The van der Waals surface area contributed by atoms with Gasteiger partial charge < -0.3 is 5.73 Å². The van der Waals surface area contributed by atoms with Crippen LogP contribution >= 0.6 is 22.7 Å². The van der Waals surface area contributed by atoms with Gasteiger partial charge in [0.15, 0.2) is 0 Å². The molecule has 3 N–H and O–H groups in total. The molecule has 2 rings (SSSR count). The van der Waals surface area contributed by atoms with Gasteiger partial charge in [0.25, 0.3) is 10.0 Å². The Hall–Kier alpha value is -0.800. The highest BCUT2D eigenvalue weighted by atomic mass is 32.2. The second kappa shape index (κ2) is 6.98. The van der Waals surface area contributed by atoms with Crippen molar-refractivity contribution in [1.29, 1.82) is 0 Å². The molecule has 1 unspecified atom stereocenters. The van der Waals surface area contributed by atoms with Crippen molar-refractivity contribution in [2.75, 3.05) is 6.54 Å². The molecule has 128 valence electrons. The molecule has 0 aliphatic carbocycles. The molecule has 5 nitrogen and oxygen atoms in total. The Morgan fingerprint density at radius 3 is 2.61 bits per heavy atom. The molecule has 0 aromatic carbocycles. The zero-order valence-electron chi connectivity index (χ0n) is 13.8. The molecule has 0 saturated heterocycles. The van der Waals surface area contributed by atoms with Gasteiger partial charge in [-0.05, 0) is 38.3 Å². The van der Waals surface area contributed by atoms with Crippen molar-refractivity contribution in [1.82, 2.24) is 9.71 Å². The minimum absolute atomic E-state index is 0.258. The van der Waals surface area contributed by atoms with E-state index in [1.165, 1.54) is 11.3 Å². The standard InChI is InChI=1S/C15H23N3O2S3/c1-10(2)7-15(4,9-16)18-23(19,20)14-6-5-13(22-14)12-8-21-11(3)17-12/h5-6,8,10,18H,7,9,16H2,1-4H3. The second-order valence-electron chi connectivity index (χ2n) is 6.34. The number of aryl methyl sites for hydroxylation is 1. The van der Waals surface area contributed by atoms with E-state index in [9.17, 15) is 8.42 Å². The zero-order chi connectivity index (χ0) is 17.3. The molecule has 0 amide bonds. The normalized spacial score (nSPS) is 15.0. The molecule has 0 radical (unpaired) electrons. The molecule has 23 heavy (non-hydrogen) atoms. The van der Waals surface area contributed by atoms with E-state index in [1.54, 1.807) is 23.5 Å². The lowest BCUT2D eigenvalue weighted by Gasteiger charge is -2.30. The molecule has 0 saturated carbocycles. The van der Waals surface area contributed by atoms with Crippen LogP contribution in [0.25, 0.3) is 10.6 Å². The molecule has 2 aromatic heterocycles. The largest absolute Gasteiger partial charge is 0.329 e. The maximum atomic E-state index is 12.7. The summed E-state index contributed by atoms with van der Waals surface area (Å²) in [6, 6.07) is 3.43. The summed E-state index contributed by atoms with van der Waals surface area (Å²) in [7, 11) is -3.59. The van der Waals surface area contributed by atoms with E-state index in [1.807, 2.05) is 19.2 Å². The summed E-state index contributed by atoms with van der Waals surface area (Å²) in [6.07, 6.45) is 0.687. The molecule has 8 heteroatoms. The van der Waals surface area contributed by atoms with Gasteiger partial charge in [-0.3, -0.25) is 0 Å². The highest BCUT2D eigenvalue weighted by Crippen LogP contribution is 2.32. The highest BCUT2D eigenvalue weighted by molar-refractivity contribution is 7.91. The molecule has 2 heterocycles. The Balaban J connectivity index is 2.25. The Bertz CT molecular complexity index is 765. The van der Waals surface area contributed by atoms with E-state index >= 15 is 0 Å². The first-order valence-corrected chi connectivity index (χ1v) is 10.6. The molecule has 0 fully saturated rings. The first kappa shape index (κ1) is 18.5. The minimum atomic E-state index is -3.59. The van der Waals surface area contributed by atoms with Crippen molar-refractivity contribution >= 4 is 32.7 Å². The predicted octanol–water partition coefficient (Wildman–Crippen LogP) is 3.22. The summed E-state index contributed by atoms with van der Waals surface area (Å²) in [5, 5.41) is 2.90. The van der Waals surface area contributed by atoms with Crippen LogP contribution in [0.4, 0.5) is 0 Å². The quantitative estimate of drug-likeness (QED) is 0.780. The number of nitrogens with two attached hydrogens (primary N) is 1. The summed E-state index contributed by atoms with van der Waals surface area (Å²) >= 11 is 2.78. The van der Waals surface area contributed by atoms with Crippen LogP contribution in [0.2, 0.25) is 0 Å². The maximum absolute atomic E-state index is 12.7. The van der Waals surface area contributed by atoms with Gasteiger partial charge in [-0.1, -0.05) is 13.8 Å². The van der Waals surface area contributed by atoms with Gasteiger partial charge in [0, 0.05) is 17.5 Å². The van der Waals surface area contributed by atoms with Gasteiger partial charge in [0.2, 0.25) is 0 Å². The van der Waals surface area contributed by atoms with Crippen LogP contribution in [-0.2, 0) is 10.0 Å². The van der Waals surface area contributed by atoms with Crippen molar-refractivity contribution in [3.63, 3.8) is 0 Å². The molecular formula is C15H23N3O2S3. The molecule has 0 aliphatic heterocycles. The Labute approximate surface area is 146 Å². The van der Waals surface area contributed by atoms with Gasteiger partial charge in [-0.25, -0.2) is 18.1 Å². The summed E-state index contributed by atoms with van der Waals surface area (Å²) in [4.78, 5) is 5.25. The van der Waals surface area contributed by atoms with Crippen LogP contribution < -0.4 is 10.5 Å². The van der Waals surface area contributed by atoms with E-state index < -0.39 is 15.6 Å². The summed E-state index contributed by atoms with van der Waals surface area (Å²) in [5.41, 5.74) is 5.98. The summed E-state index contributed by atoms with van der Waals surface area (Å²) in [6.45, 7) is 8.14. The third-order valence-corrected chi connectivity index (χ3v) is 7.42. The van der Waals surface area contributed by atoms with Gasteiger partial charge in [-0.15, -0.1) is 22.7 Å². The summed E-state index contributed by atoms with van der Waals surface area (Å²) in [5.74, 6) is 0.350. The summed E-state index contributed by atoms with van der Waals surface area (Å²) < 4.78 is 28.4. The number of hydrogen-bond donors (Lipinski definition) is 2. The predicted molar refractivity (Wildman–Crippen MR) is 97.4 cm³/mol. The van der Waals surface area contributed by atoms with E-state index in [4.69, 9.17) is 5.73 Å². The lowest BCUT2D eigenvalue weighted by molar-refractivity contribution is 0.345. The number of sulfonamides is 1. The third kappa shape index (κ3) is 4.60. The van der Waals surface area contributed by atoms with Gasteiger partial charge in [-0.2, -0.15) is 0 Å². The molecule has 1 atom stereocenters. The monoisotopic (exact) mass is 373 g/mol. The van der Waals surface area contributed by atoms with Crippen LogP contribution in [0.15, 0.2) is 21.7 Å². The third-order valence-electron chi connectivity index (χ3n) is 3.41. The van der Waals surface area contributed by atoms with Gasteiger partial charge in [0.05, 0.1) is 15.6 Å². The lowest BCUT2D eigenvalue weighted by atomic mass is 9.92. The Morgan fingerprint density at radius 1 is 1.39 bits per heavy atom. The molecule has 0 spiro atoms. The van der Waals surface area contributed by atoms with Crippen molar-refractivity contribution in [2.45, 2.75) is 43.9 Å². The number of nitrogens with one attached hydrogen (secondary N) is 1. The first-order valence-electron chi connectivity index (χ1n) is 7.41. The Morgan fingerprint density at radius 2 is 2.09 bits per heavy atom. The molecular weight excluding hydrogens is 350 g/mol. The number of thiophene rings is 1. The lowest BCUT2D eigenvalue weighted by Crippen LogP contribution is -2.51. The fraction of sp³-hybridized carbons (Fsp3) is 0.533. The van der Waals surface area contributed by atoms with Crippen molar-refractivity contribution in [3.8, 4) is 10.6 Å². The second-order valence-corrected chi connectivity index (χ2v) is 10.4. The highest BCUT2D eigenvalue weighted by Gasteiger charge is 2.31. The number of aromatic nitrogens is 1. The smallest absolute Gasteiger partial charge is 0.250 e. The Kier molecular flexibility index (Phi) is 5.63. The molecule has 0 bridgehead atoms. The van der Waals surface area contributed by atoms with E-state index in [-0.39, 0.29) is 6.54 Å². The topological polar surface area (TPSA) is 85.1 Å². The van der Waals surface area contributed by atoms with Crippen LogP contribution in [0.1, 0.15) is 32.2 Å². The van der Waals surface area contributed by atoms with Crippen molar-refractivity contribution in [3.05, 3.63) is 22.5 Å². The van der Waals surface area contributed by atoms with Crippen LogP contribution in [0.5, 0.6) is 0 Å². The average Bonchev–Trinajstić information content (AvgIpc) is 3.05. The van der Waals surface area contributed by atoms with Gasteiger partial charge >= 0.3 is 0 Å².